The Kier molecular flexibility index (Phi) is 4.34. The summed E-state index contributed by atoms with van der Waals surface area (Å²) in [6.07, 6.45) is 0. The first-order valence-corrected chi connectivity index (χ1v) is 5.92. The maximum atomic E-state index is 10.5. The van der Waals surface area contributed by atoms with Gasteiger partial charge < -0.3 is 10.1 Å². The number of ether oxygens (including phenoxy) is 1. The number of anilines is 1. The Morgan fingerprint density at radius 3 is 2.37 bits per heavy atom. The highest BCUT2D eigenvalue weighted by molar-refractivity contribution is 5.42. The average Bonchev–Trinajstić information content (AvgIpc) is 2.45. The van der Waals surface area contributed by atoms with Crippen LogP contribution >= 0.6 is 0 Å². The Morgan fingerprint density at radius 2 is 1.74 bits per heavy atom. The number of hydrogen-bond donors (Lipinski definition) is 1. The van der Waals surface area contributed by atoms with Crippen LogP contribution in [0.1, 0.15) is 0 Å². The summed E-state index contributed by atoms with van der Waals surface area (Å²) in [7, 11) is 0. The van der Waals surface area contributed by atoms with Crippen LogP contribution in [0.25, 0.3) is 0 Å². The molecule has 0 radical (unpaired) electrons. The average molecular weight is 258 g/mol. The monoisotopic (exact) mass is 258 g/mol. The number of nitrogens with zero attached hydrogens (tertiary/aromatic N) is 1. The van der Waals surface area contributed by atoms with Gasteiger partial charge in [-0.1, -0.05) is 18.2 Å². The summed E-state index contributed by atoms with van der Waals surface area (Å²) in [6.45, 7) is 1.16. The van der Waals surface area contributed by atoms with Crippen molar-refractivity contribution in [3.05, 3.63) is 64.7 Å². The van der Waals surface area contributed by atoms with E-state index in [9.17, 15) is 10.1 Å². The maximum Gasteiger partial charge on any atom is 0.269 e. The van der Waals surface area contributed by atoms with E-state index in [1.54, 1.807) is 12.1 Å². The lowest BCUT2D eigenvalue weighted by Crippen LogP contribution is -2.11. The van der Waals surface area contributed by atoms with E-state index in [1.807, 2.05) is 30.3 Å². The lowest BCUT2D eigenvalue weighted by atomic mass is 10.3. The predicted molar refractivity (Wildman–Crippen MR) is 73.5 cm³/mol. The zero-order chi connectivity index (χ0) is 13.5. The molecule has 98 valence electrons. The van der Waals surface area contributed by atoms with Crippen molar-refractivity contribution in [3.8, 4) is 5.75 Å². The van der Waals surface area contributed by atoms with Crippen molar-refractivity contribution in [2.45, 2.75) is 0 Å². The molecule has 1 N–H and O–H groups in total. The number of non-ortho nitro benzene ring substituents is 1. The van der Waals surface area contributed by atoms with Gasteiger partial charge in [-0.25, -0.2) is 0 Å². The minimum atomic E-state index is -0.430. The quantitative estimate of drug-likeness (QED) is 0.491. The zero-order valence-electron chi connectivity index (χ0n) is 10.3. The van der Waals surface area contributed by atoms with Gasteiger partial charge in [0.25, 0.3) is 5.69 Å². The fraction of sp³-hybridized carbons (Fsp3) is 0.143. The van der Waals surface area contributed by atoms with Crippen LogP contribution in [0, 0.1) is 10.1 Å². The molecular weight excluding hydrogens is 244 g/mol. The second kappa shape index (κ2) is 6.39. The summed E-state index contributed by atoms with van der Waals surface area (Å²) in [5, 5.41) is 13.7. The zero-order valence-corrected chi connectivity index (χ0v) is 10.3. The molecule has 0 aliphatic heterocycles. The molecule has 2 rings (SSSR count). The fourth-order valence-electron chi connectivity index (χ4n) is 1.58. The number of para-hydroxylation sites is 1. The second-order valence-electron chi connectivity index (χ2n) is 3.89. The lowest BCUT2D eigenvalue weighted by molar-refractivity contribution is -0.384. The summed E-state index contributed by atoms with van der Waals surface area (Å²) in [6, 6.07) is 15.9. The minimum absolute atomic E-state index is 0.0646. The second-order valence-corrected chi connectivity index (χ2v) is 3.89. The van der Waals surface area contributed by atoms with Crippen LogP contribution in [0.5, 0.6) is 5.75 Å². The van der Waals surface area contributed by atoms with Crippen LogP contribution in [0.3, 0.4) is 0 Å². The SMILES string of the molecule is O=[N+]([O-])c1ccc(OCCNc2ccccc2)cc1. The van der Waals surface area contributed by atoms with Gasteiger partial charge in [-0.2, -0.15) is 0 Å². The number of hydrogen-bond acceptors (Lipinski definition) is 4. The van der Waals surface area contributed by atoms with Crippen molar-refractivity contribution < 1.29 is 9.66 Å². The standard InChI is InChI=1S/C14H14N2O3/c17-16(18)13-6-8-14(9-7-13)19-11-10-15-12-4-2-1-3-5-12/h1-9,15H,10-11H2. The molecule has 2 aromatic carbocycles. The molecule has 5 nitrogen and oxygen atoms in total. The number of nitrogens with one attached hydrogen (secondary N) is 1. The summed E-state index contributed by atoms with van der Waals surface area (Å²) in [5.41, 5.74) is 1.10. The van der Waals surface area contributed by atoms with Gasteiger partial charge in [0.05, 0.1) is 4.92 Å². The third-order valence-corrected chi connectivity index (χ3v) is 2.52. The molecule has 0 saturated carbocycles. The molecule has 2 aromatic rings. The topological polar surface area (TPSA) is 64.4 Å². The lowest BCUT2D eigenvalue weighted by Gasteiger charge is -2.08. The number of benzene rings is 2. The number of nitro groups is 1. The van der Waals surface area contributed by atoms with Crippen LogP contribution in [0.4, 0.5) is 11.4 Å². The van der Waals surface area contributed by atoms with Crippen molar-refractivity contribution in [3.63, 3.8) is 0 Å². The van der Waals surface area contributed by atoms with Gasteiger partial charge in [-0.3, -0.25) is 10.1 Å². The minimum Gasteiger partial charge on any atom is -0.492 e. The van der Waals surface area contributed by atoms with E-state index in [-0.39, 0.29) is 5.69 Å². The van der Waals surface area contributed by atoms with Gasteiger partial charge in [0.15, 0.2) is 0 Å². The molecule has 5 heteroatoms. The molecule has 0 aromatic heterocycles. The van der Waals surface area contributed by atoms with Crippen LogP contribution in [0.2, 0.25) is 0 Å². The molecular formula is C14H14N2O3. The smallest absolute Gasteiger partial charge is 0.269 e. The normalized spacial score (nSPS) is 9.89. The predicted octanol–water partition coefficient (Wildman–Crippen LogP) is 3.09. The van der Waals surface area contributed by atoms with Gasteiger partial charge in [0, 0.05) is 24.4 Å². The van der Waals surface area contributed by atoms with Crippen molar-refractivity contribution in [2.24, 2.45) is 0 Å². The highest BCUT2D eigenvalue weighted by Gasteiger charge is 2.03. The van der Waals surface area contributed by atoms with Gasteiger partial charge in [0.2, 0.25) is 0 Å². The molecule has 19 heavy (non-hydrogen) atoms. The fourth-order valence-corrected chi connectivity index (χ4v) is 1.58. The highest BCUT2D eigenvalue weighted by atomic mass is 16.6. The molecule has 0 fully saturated rings. The third-order valence-electron chi connectivity index (χ3n) is 2.52. The molecule has 0 bridgehead atoms. The molecule has 0 saturated heterocycles. The summed E-state index contributed by atoms with van der Waals surface area (Å²) < 4.78 is 5.48. The summed E-state index contributed by atoms with van der Waals surface area (Å²) in [4.78, 5) is 10.1. The molecule has 0 amide bonds. The van der Waals surface area contributed by atoms with Crippen LogP contribution < -0.4 is 10.1 Å². The van der Waals surface area contributed by atoms with E-state index < -0.39 is 4.92 Å². The van der Waals surface area contributed by atoms with E-state index >= 15 is 0 Å². The van der Waals surface area contributed by atoms with Crippen molar-refractivity contribution >= 4 is 11.4 Å². The third kappa shape index (κ3) is 3.99. The van der Waals surface area contributed by atoms with E-state index in [1.165, 1.54) is 12.1 Å². The Balaban J connectivity index is 1.75. The van der Waals surface area contributed by atoms with E-state index in [4.69, 9.17) is 4.74 Å². The largest absolute Gasteiger partial charge is 0.492 e. The van der Waals surface area contributed by atoms with Crippen molar-refractivity contribution in [2.75, 3.05) is 18.5 Å². The van der Waals surface area contributed by atoms with Gasteiger partial charge in [-0.15, -0.1) is 0 Å². The van der Waals surface area contributed by atoms with E-state index in [2.05, 4.69) is 5.32 Å². The van der Waals surface area contributed by atoms with Gasteiger partial charge in [0.1, 0.15) is 12.4 Å². The van der Waals surface area contributed by atoms with Gasteiger partial charge >= 0.3 is 0 Å². The Morgan fingerprint density at radius 1 is 1.05 bits per heavy atom. The molecule has 0 aliphatic rings. The van der Waals surface area contributed by atoms with Crippen molar-refractivity contribution in [1.82, 2.24) is 0 Å². The Bertz CT molecular complexity index is 526. The van der Waals surface area contributed by atoms with Crippen LogP contribution in [-0.4, -0.2) is 18.1 Å². The maximum absolute atomic E-state index is 10.5. The summed E-state index contributed by atoms with van der Waals surface area (Å²) in [5.74, 6) is 0.625. The highest BCUT2D eigenvalue weighted by Crippen LogP contribution is 2.17. The van der Waals surface area contributed by atoms with Crippen LogP contribution in [-0.2, 0) is 0 Å². The van der Waals surface area contributed by atoms with Gasteiger partial charge in [-0.05, 0) is 24.3 Å². The van der Waals surface area contributed by atoms with Crippen LogP contribution in [0.15, 0.2) is 54.6 Å². The first-order valence-electron chi connectivity index (χ1n) is 5.92. The molecule has 0 heterocycles. The summed E-state index contributed by atoms with van der Waals surface area (Å²) >= 11 is 0. The first kappa shape index (κ1) is 12.9. The molecule has 0 unspecified atom stereocenters. The molecule has 0 spiro atoms. The Labute approximate surface area is 111 Å². The van der Waals surface area contributed by atoms with E-state index in [0.717, 1.165) is 5.69 Å². The number of nitro benzene ring substituents is 1. The first-order chi connectivity index (χ1) is 9.25. The number of rotatable bonds is 6. The Hall–Kier alpha value is -2.56. The van der Waals surface area contributed by atoms with Crippen molar-refractivity contribution in [1.29, 1.82) is 0 Å². The molecule has 0 atom stereocenters. The molecule has 0 aliphatic carbocycles. The van der Waals surface area contributed by atoms with E-state index in [0.29, 0.717) is 18.9 Å².